The molecule has 0 bridgehead atoms. The second-order valence-corrected chi connectivity index (χ2v) is 8.83. The molecule has 7 nitrogen and oxygen atoms in total. The lowest BCUT2D eigenvalue weighted by Crippen LogP contribution is -2.46. The Kier molecular flexibility index (Phi) is 5.87. The van der Waals surface area contributed by atoms with Crippen LogP contribution in [0.25, 0.3) is 22.3 Å². The average Bonchev–Trinajstić information content (AvgIpc) is 2.77. The minimum atomic E-state index is -0.208. The predicted molar refractivity (Wildman–Crippen MR) is 119 cm³/mol. The Balaban J connectivity index is 1.60. The van der Waals surface area contributed by atoms with Crippen LogP contribution < -0.4 is 4.74 Å². The molecule has 7 heteroatoms. The van der Waals surface area contributed by atoms with Crippen LogP contribution in [0.15, 0.2) is 42.7 Å². The lowest BCUT2D eigenvalue weighted by Gasteiger charge is -2.32. The fourth-order valence-corrected chi connectivity index (χ4v) is 3.61. The number of hydrogen-bond donors (Lipinski definition) is 0. The molecule has 0 aliphatic carbocycles. The van der Waals surface area contributed by atoms with Gasteiger partial charge in [0.25, 0.3) is 0 Å². The van der Waals surface area contributed by atoms with Gasteiger partial charge >= 0.3 is 0 Å². The highest BCUT2D eigenvalue weighted by molar-refractivity contribution is 5.83. The molecule has 4 rings (SSSR count). The highest BCUT2D eigenvalue weighted by Gasteiger charge is 2.23. The van der Waals surface area contributed by atoms with Gasteiger partial charge in [0.1, 0.15) is 12.7 Å². The van der Waals surface area contributed by atoms with Crippen LogP contribution in [-0.2, 0) is 14.9 Å². The fraction of sp³-hybridized carbons (Fsp3) is 0.417. The minimum absolute atomic E-state index is 0.0449. The summed E-state index contributed by atoms with van der Waals surface area (Å²) < 4.78 is 11.8. The third-order valence-electron chi connectivity index (χ3n) is 5.46. The Labute approximate surface area is 182 Å². The summed E-state index contributed by atoms with van der Waals surface area (Å²) in [6.45, 7) is 10.1. The molecular weight excluding hydrogens is 392 g/mol. The van der Waals surface area contributed by atoms with Crippen LogP contribution in [0.2, 0.25) is 0 Å². The summed E-state index contributed by atoms with van der Waals surface area (Å²) in [4.78, 5) is 27.1. The molecule has 1 aromatic carbocycles. The van der Waals surface area contributed by atoms with Crippen molar-refractivity contribution in [3.05, 3.63) is 48.3 Å². The maximum absolute atomic E-state index is 11.7. The monoisotopic (exact) mass is 420 g/mol. The summed E-state index contributed by atoms with van der Waals surface area (Å²) in [6, 6.07) is 10.3. The van der Waals surface area contributed by atoms with Crippen molar-refractivity contribution in [2.45, 2.75) is 39.2 Å². The number of hydrogen-bond acceptors (Lipinski definition) is 6. The van der Waals surface area contributed by atoms with Crippen molar-refractivity contribution in [3.63, 3.8) is 0 Å². The number of carbonyl (C=O) groups is 1. The van der Waals surface area contributed by atoms with Gasteiger partial charge in [-0.15, -0.1) is 0 Å². The number of benzene rings is 1. The molecule has 0 radical (unpaired) electrons. The third kappa shape index (κ3) is 4.82. The second kappa shape index (κ2) is 8.59. The van der Waals surface area contributed by atoms with Crippen molar-refractivity contribution in [2.75, 3.05) is 26.3 Å². The summed E-state index contributed by atoms with van der Waals surface area (Å²) in [5.74, 6) is 0.465. The maximum atomic E-state index is 11.7. The van der Waals surface area contributed by atoms with E-state index < -0.39 is 0 Å². The Morgan fingerprint density at radius 2 is 1.94 bits per heavy atom. The van der Waals surface area contributed by atoms with Crippen LogP contribution in [-0.4, -0.2) is 58.2 Å². The summed E-state index contributed by atoms with van der Waals surface area (Å²) in [5, 5.41) is 0. The first-order valence-electron chi connectivity index (χ1n) is 10.5. The molecule has 1 amide bonds. The van der Waals surface area contributed by atoms with Gasteiger partial charge in [-0.2, -0.15) is 0 Å². The van der Waals surface area contributed by atoms with Crippen LogP contribution >= 0.6 is 0 Å². The Morgan fingerprint density at radius 1 is 1.19 bits per heavy atom. The first-order chi connectivity index (χ1) is 14.8. The molecule has 1 saturated heterocycles. The van der Waals surface area contributed by atoms with Crippen molar-refractivity contribution < 1.29 is 14.3 Å². The van der Waals surface area contributed by atoms with Gasteiger partial charge in [0.2, 0.25) is 11.8 Å². The van der Waals surface area contributed by atoms with Gasteiger partial charge in [0.15, 0.2) is 5.52 Å². The average molecular weight is 421 g/mol. The van der Waals surface area contributed by atoms with E-state index in [4.69, 9.17) is 14.5 Å². The molecule has 2 aromatic heterocycles. The van der Waals surface area contributed by atoms with E-state index in [1.54, 1.807) is 24.2 Å². The Hall–Kier alpha value is -3.06. The maximum Gasteiger partial charge on any atom is 0.242 e. The van der Waals surface area contributed by atoms with Crippen LogP contribution in [0.3, 0.4) is 0 Å². The zero-order valence-electron chi connectivity index (χ0n) is 18.5. The zero-order valence-corrected chi connectivity index (χ0v) is 18.5. The molecule has 1 atom stereocenters. The summed E-state index contributed by atoms with van der Waals surface area (Å²) in [5.41, 5.74) is 4.44. The van der Waals surface area contributed by atoms with Crippen molar-refractivity contribution in [1.82, 2.24) is 19.9 Å². The largest absolute Gasteiger partial charge is 0.473 e. The van der Waals surface area contributed by atoms with E-state index in [2.05, 4.69) is 55.0 Å². The van der Waals surface area contributed by atoms with E-state index in [-0.39, 0.29) is 24.0 Å². The molecule has 0 N–H and O–H groups in total. The molecule has 1 aliphatic heterocycles. The van der Waals surface area contributed by atoms with Gasteiger partial charge in [0, 0.05) is 31.4 Å². The van der Waals surface area contributed by atoms with Crippen LogP contribution in [0.1, 0.15) is 33.3 Å². The number of morpholine rings is 1. The first kappa shape index (κ1) is 21.2. The highest BCUT2D eigenvalue weighted by Crippen LogP contribution is 2.29. The van der Waals surface area contributed by atoms with Crippen LogP contribution in [0.4, 0.5) is 0 Å². The SMILES string of the molecule is CC(=O)N1CCO[C@H](COc2nc(-c3ccc(C(C)(C)C)cc3)cc3nccnc23)C1. The van der Waals surface area contributed by atoms with E-state index in [1.165, 1.54) is 5.56 Å². The molecule has 0 saturated carbocycles. The van der Waals surface area contributed by atoms with E-state index in [1.807, 2.05) is 6.07 Å². The number of carbonyl (C=O) groups excluding carboxylic acids is 1. The van der Waals surface area contributed by atoms with E-state index >= 15 is 0 Å². The van der Waals surface area contributed by atoms with E-state index in [0.717, 1.165) is 16.8 Å². The number of nitrogens with zero attached hydrogens (tertiary/aromatic N) is 4. The van der Waals surface area contributed by atoms with Gasteiger partial charge in [-0.25, -0.2) is 9.97 Å². The second-order valence-electron chi connectivity index (χ2n) is 8.83. The smallest absolute Gasteiger partial charge is 0.242 e. The zero-order chi connectivity index (χ0) is 22.0. The number of ether oxygens (including phenoxy) is 2. The number of fused-ring (bicyclic) bond motifs is 1. The molecule has 162 valence electrons. The number of rotatable bonds is 4. The van der Waals surface area contributed by atoms with Gasteiger partial charge in [-0.3, -0.25) is 9.78 Å². The minimum Gasteiger partial charge on any atom is -0.473 e. The molecule has 31 heavy (non-hydrogen) atoms. The molecule has 0 unspecified atom stereocenters. The molecule has 1 fully saturated rings. The van der Waals surface area contributed by atoms with Gasteiger partial charge in [-0.1, -0.05) is 45.0 Å². The van der Waals surface area contributed by atoms with Crippen LogP contribution in [0.5, 0.6) is 5.88 Å². The van der Waals surface area contributed by atoms with Gasteiger partial charge in [-0.05, 0) is 17.0 Å². The predicted octanol–water partition coefficient (Wildman–Crippen LogP) is 3.62. The van der Waals surface area contributed by atoms with Crippen molar-refractivity contribution in [3.8, 4) is 17.1 Å². The first-order valence-corrected chi connectivity index (χ1v) is 10.5. The van der Waals surface area contributed by atoms with Gasteiger partial charge < -0.3 is 14.4 Å². The van der Waals surface area contributed by atoms with Crippen LogP contribution in [0, 0.1) is 0 Å². The van der Waals surface area contributed by atoms with E-state index in [0.29, 0.717) is 31.1 Å². The van der Waals surface area contributed by atoms with Gasteiger partial charge in [0.05, 0.1) is 24.4 Å². The number of pyridine rings is 1. The fourth-order valence-electron chi connectivity index (χ4n) is 3.61. The lowest BCUT2D eigenvalue weighted by molar-refractivity contribution is -0.137. The molecule has 1 aliphatic rings. The highest BCUT2D eigenvalue weighted by atomic mass is 16.5. The summed E-state index contributed by atoms with van der Waals surface area (Å²) >= 11 is 0. The Morgan fingerprint density at radius 3 is 2.65 bits per heavy atom. The van der Waals surface area contributed by atoms with Crippen molar-refractivity contribution >= 4 is 16.9 Å². The Bertz CT molecular complexity index is 1080. The lowest BCUT2D eigenvalue weighted by atomic mass is 9.86. The van der Waals surface area contributed by atoms with E-state index in [9.17, 15) is 4.79 Å². The summed E-state index contributed by atoms with van der Waals surface area (Å²) in [7, 11) is 0. The quantitative estimate of drug-likeness (QED) is 0.642. The molecule has 3 aromatic rings. The third-order valence-corrected chi connectivity index (χ3v) is 5.46. The number of amides is 1. The molecular formula is C24H28N4O3. The van der Waals surface area contributed by atoms with Crippen molar-refractivity contribution in [1.29, 1.82) is 0 Å². The molecule has 0 spiro atoms. The molecule has 3 heterocycles. The van der Waals surface area contributed by atoms with Crippen molar-refractivity contribution in [2.24, 2.45) is 0 Å². The summed E-state index contributed by atoms with van der Waals surface area (Å²) in [6.07, 6.45) is 3.08. The standard InChI is InChI=1S/C24H28N4O3/c1-16(29)28-11-12-30-19(14-28)15-31-23-22-21(25-9-10-26-22)13-20(27-23)17-5-7-18(8-6-17)24(2,3)4/h5-10,13,19H,11-12,14-15H2,1-4H3/t19-/m0/s1. The topological polar surface area (TPSA) is 77.4 Å². The number of aromatic nitrogens is 3. The normalized spacial score (nSPS) is 17.0.